The number of carbonyl (C=O) groups is 2. The first kappa shape index (κ1) is 24.8. The van der Waals surface area contributed by atoms with Gasteiger partial charge in [0.25, 0.3) is 11.8 Å². The summed E-state index contributed by atoms with van der Waals surface area (Å²) in [6.07, 6.45) is 1.73. The van der Waals surface area contributed by atoms with Gasteiger partial charge in [0, 0.05) is 10.7 Å². The molecule has 0 unspecified atom stereocenters. The van der Waals surface area contributed by atoms with E-state index >= 15 is 0 Å². The maximum Gasteiger partial charge on any atom is 0.264 e. The van der Waals surface area contributed by atoms with E-state index in [-0.39, 0.29) is 18.4 Å². The second-order valence-corrected chi connectivity index (χ2v) is 9.52. The Hall–Kier alpha value is -3.27. The number of hydrogen-bond acceptors (Lipinski definition) is 6. The van der Waals surface area contributed by atoms with Crippen LogP contribution >= 0.6 is 39.3 Å². The minimum absolute atomic E-state index is 0.201. The number of aliphatic imine (C=N–C) groups is 1. The standard InChI is InChI=1S/C25H19BrClN3O4S/c1-33-20-12-15(11-19(26)23(20)34-14-22(31)28-17-5-3-2-4-6-17)13-21-24(32)30-25(35-21)29-18-9-7-16(27)8-10-18/h2-13H,14H2,1H3,(H,28,31)(H,29,30,32)/b21-13-. The van der Waals surface area contributed by atoms with Crippen LogP contribution in [0.2, 0.25) is 5.02 Å². The van der Waals surface area contributed by atoms with Crippen molar-refractivity contribution in [1.29, 1.82) is 0 Å². The molecule has 1 heterocycles. The van der Waals surface area contributed by atoms with Gasteiger partial charge in [0.05, 0.1) is 22.2 Å². The average Bonchev–Trinajstić information content (AvgIpc) is 3.18. The number of nitrogens with one attached hydrogen (secondary N) is 2. The van der Waals surface area contributed by atoms with Crippen molar-refractivity contribution in [3.63, 3.8) is 0 Å². The molecule has 1 aliphatic heterocycles. The molecule has 35 heavy (non-hydrogen) atoms. The molecule has 10 heteroatoms. The van der Waals surface area contributed by atoms with Crippen LogP contribution in [0, 0.1) is 0 Å². The fraction of sp³-hybridized carbons (Fsp3) is 0.0800. The Balaban J connectivity index is 1.47. The number of carbonyl (C=O) groups excluding carboxylic acids is 2. The minimum Gasteiger partial charge on any atom is -0.493 e. The summed E-state index contributed by atoms with van der Waals surface area (Å²) >= 11 is 10.6. The number of rotatable bonds is 7. The number of anilines is 1. The quantitative estimate of drug-likeness (QED) is 0.338. The number of thioether (sulfide) groups is 1. The molecule has 1 fully saturated rings. The van der Waals surface area contributed by atoms with Crippen LogP contribution in [0.25, 0.3) is 6.08 Å². The molecule has 3 aromatic rings. The SMILES string of the molecule is COc1cc(/C=C2\SC(=Nc3ccc(Cl)cc3)NC2=O)cc(Br)c1OCC(=O)Nc1ccccc1. The first-order chi connectivity index (χ1) is 16.9. The average molecular weight is 573 g/mol. The summed E-state index contributed by atoms with van der Waals surface area (Å²) in [5, 5.41) is 6.60. The number of ether oxygens (including phenoxy) is 2. The fourth-order valence-corrected chi connectivity index (χ4v) is 4.63. The first-order valence-electron chi connectivity index (χ1n) is 10.3. The zero-order valence-electron chi connectivity index (χ0n) is 18.4. The van der Waals surface area contributed by atoms with Gasteiger partial charge >= 0.3 is 0 Å². The van der Waals surface area contributed by atoms with E-state index in [1.54, 1.807) is 54.6 Å². The molecule has 0 saturated carbocycles. The highest BCUT2D eigenvalue weighted by atomic mass is 79.9. The number of nitrogens with zero attached hydrogens (tertiary/aromatic N) is 1. The lowest BCUT2D eigenvalue weighted by molar-refractivity contribution is -0.118. The summed E-state index contributed by atoms with van der Waals surface area (Å²) in [6, 6.07) is 19.6. The van der Waals surface area contributed by atoms with Gasteiger partial charge in [0.1, 0.15) is 0 Å². The summed E-state index contributed by atoms with van der Waals surface area (Å²) in [6.45, 7) is -0.201. The summed E-state index contributed by atoms with van der Waals surface area (Å²) in [4.78, 5) is 29.6. The molecule has 0 spiro atoms. The number of para-hydroxylation sites is 1. The van der Waals surface area contributed by atoms with Crippen LogP contribution in [0.1, 0.15) is 5.56 Å². The molecule has 0 bridgehead atoms. The van der Waals surface area contributed by atoms with Crippen LogP contribution < -0.4 is 20.1 Å². The van der Waals surface area contributed by atoms with Gasteiger partial charge in [-0.05, 0) is 87.9 Å². The van der Waals surface area contributed by atoms with Gasteiger partial charge in [-0.25, -0.2) is 4.99 Å². The highest BCUT2D eigenvalue weighted by Crippen LogP contribution is 2.38. The van der Waals surface area contributed by atoms with Crippen LogP contribution in [0.4, 0.5) is 11.4 Å². The predicted molar refractivity (Wildman–Crippen MR) is 144 cm³/mol. The lowest BCUT2D eigenvalue weighted by Crippen LogP contribution is -2.20. The number of amidine groups is 1. The molecule has 4 rings (SSSR count). The van der Waals surface area contributed by atoms with E-state index in [0.717, 1.165) is 0 Å². The number of halogens is 2. The molecule has 0 aliphatic carbocycles. The number of amides is 2. The van der Waals surface area contributed by atoms with Gasteiger partial charge in [-0.15, -0.1) is 0 Å². The smallest absolute Gasteiger partial charge is 0.264 e. The van der Waals surface area contributed by atoms with Crippen molar-refractivity contribution in [3.05, 3.63) is 86.7 Å². The molecule has 0 aromatic heterocycles. The van der Waals surface area contributed by atoms with Gasteiger partial charge in [-0.1, -0.05) is 29.8 Å². The lowest BCUT2D eigenvalue weighted by Gasteiger charge is -2.13. The summed E-state index contributed by atoms with van der Waals surface area (Å²) in [5.74, 6) is 0.238. The van der Waals surface area contributed by atoms with Crippen LogP contribution in [0.5, 0.6) is 11.5 Å². The fourth-order valence-electron chi connectivity index (χ4n) is 3.08. The van der Waals surface area contributed by atoms with Crippen molar-refractivity contribution in [1.82, 2.24) is 5.32 Å². The molecule has 1 aliphatic rings. The van der Waals surface area contributed by atoms with E-state index < -0.39 is 0 Å². The third-order valence-electron chi connectivity index (χ3n) is 4.66. The minimum atomic E-state index is -0.303. The number of benzene rings is 3. The van der Waals surface area contributed by atoms with E-state index in [1.807, 2.05) is 18.2 Å². The van der Waals surface area contributed by atoms with Crippen LogP contribution in [-0.4, -0.2) is 30.7 Å². The first-order valence-corrected chi connectivity index (χ1v) is 12.3. The Kier molecular flexibility index (Phi) is 8.12. The van der Waals surface area contributed by atoms with Gasteiger partial charge < -0.3 is 20.1 Å². The summed E-state index contributed by atoms with van der Waals surface area (Å²) < 4.78 is 11.8. The van der Waals surface area contributed by atoms with Crippen molar-refractivity contribution in [2.45, 2.75) is 0 Å². The Morgan fingerprint density at radius 3 is 2.63 bits per heavy atom. The third kappa shape index (κ3) is 6.66. The summed E-state index contributed by atoms with van der Waals surface area (Å²) in [7, 11) is 1.50. The highest BCUT2D eigenvalue weighted by Gasteiger charge is 2.24. The maximum absolute atomic E-state index is 12.5. The Labute approximate surface area is 219 Å². The van der Waals surface area contributed by atoms with Crippen LogP contribution in [0.15, 0.2) is 81.1 Å². The molecule has 178 valence electrons. The topological polar surface area (TPSA) is 89.0 Å². The molecule has 0 radical (unpaired) electrons. The lowest BCUT2D eigenvalue weighted by atomic mass is 10.2. The van der Waals surface area contributed by atoms with Gasteiger partial charge in [0.15, 0.2) is 23.3 Å². The highest BCUT2D eigenvalue weighted by molar-refractivity contribution is 9.10. The number of methoxy groups -OCH3 is 1. The molecule has 2 amide bonds. The van der Waals surface area contributed by atoms with Crippen molar-refractivity contribution < 1.29 is 19.1 Å². The predicted octanol–water partition coefficient (Wildman–Crippen LogP) is 6.02. The molecule has 1 saturated heterocycles. The second kappa shape index (κ2) is 11.4. The van der Waals surface area contributed by atoms with E-state index in [1.165, 1.54) is 18.9 Å². The van der Waals surface area contributed by atoms with Gasteiger partial charge in [0.2, 0.25) is 0 Å². The Morgan fingerprint density at radius 2 is 1.91 bits per heavy atom. The Morgan fingerprint density at radius 1 is 1.17 bits per heavy atom. The monoisotopic (exact) mass is 571 g/mol. The normalized spacial score (nSPS) is 15.2. The summed E-state index contributed by atoms with van der Waals surface area (Å²) in [5.41, 5.74) is 2.07. The third-order valence-corrected chi connectivity index (χ3v) is 6.41. The van der Waals surface area contributed by atoms with E-state index in [4.69, 9.17) is 21.1 Å². The van der Waals surface area contributed by atoms with Gasteiger partial charge in [-0.3, -0.25) is 9.59 Å². The second-order valence-electron chi connectivity index (χ2n) is 7.20. The van der Waals surface area contributed by atoms with Crippen molar-refractivity contribution in [2.24, 2.45) is 4.99 Å². The van der Waals surface area contributed by atoms with Crippen LogP contribution in [-0.2, 0) is 9.59 Å². The molecule has 7 nitrogen and oxygen atoms in total. The largest absolute Gasteiger partial charge is 0.493 e. The van der Waals surface area contributed by atoms with E-state index in [0.29, 0.717) is 48.0 Å². The zero-order valence-corrected chi connectivity index (χ0v) is 21.5. The zero-order chi connectivity index (χ0) is 24.8. The molecular formula is C25H19BrClN3O4S. The van der Waals surface area contributed by atoms with Gasteiger partial charge in [-0.2, -0.15) is 0 Å². The maximum atomic E-state index is 12.5. The van der Waals surface area contributed by atoms with Crippen LogP contribution in [0.3, 0.4) is 0 Å². The molecule has 0 atom stereocenters. The molecule has 3 aromatic carbocycles. The van der Waals surface area contributed by atoms with E-state index in [2.05, 4.69) is 31.6 Å². The number of hydrogen-bond donors (Lipinski definition) is 2. The van der Waals surface area contributed by atoms with Crippen molar-refractivity contribution in [3.8, 4) is 11.5 Å². The Bertz CT molecular complexity index is 1310. The van der Waals surface area contributed by atoms with Crippen molar-refractivity contribution >= 4 is 73.7 Å². The molecular weight excluding hydrogens is 554 g/mol. The molecule has 2 N–H and O–H groups in total. The van der Waals surface area contributed by atoms with E-state index in [9.17, 15) is 9.59 Å². The van der Waals surface area contributed by atoms with Crippen molar-refractivity contribution in [2.75, 3.05) is 19.0 Å².